The van der Waals surface area contributed by atoms with E-state index >= 15 is 0 Å². The summed E-state index contributed by atoms with van der Waals surface area (Å²) in [5, 5.41) is 0. The van der Waals surface area contributed by atoms with E-state index in [9.17, 15) is 0 Å². The molecule has 0 amide bonds. The van der Waals surface area contributed by atoms with Gasteiger partial charge in [-0.25, -0.2) is 0 Å². The second kappa shape index (κ2) is 8.01. The van der Waals surface area contributed by atoms with E-state index in [-0.39, 0.29) is 0 Å². The fourth-order valence-electron chi connectivity index (χ4n) is 3.80. The molecule has 1 aliphatic rings. The molecule has 26 heavy (non-hydrogen) atoms. The van der Waals surface area contributed by atoms with Gasteiger partial charge in [-0.3, -0.25) is 0 Å². The first-order chi connectivity index (χ1) is 12.9. The Bertz CT molecular complexity index is 887. The first-order valence-corrected chi connectivity index (χ1v) is 9.47. The summed E-state index contributed by atoms with van der Waals surface area (Å²) in [6, 6.07) is 32.4. The van der Waals surface area contributed by atoms with E-state index in [1.165, 1.54) is 34.3 Å². The third kappa shape index (κ3) is 3.86. The van der Waals surface area contributed by atoms with Gasteiger partial charge in [0.15, 0.2) is 0 Å². The monoisotopic (exact) mass is 336 g/mol. The number of allylic oxidation sites excluding steroid dienone is 3. The Kier molecular flexibility index (Phi) is 5.12. The van der Waals surface area contributed by atoms with E-state index in [4.69, 9.17) is 0 Å². The molecule has 3 aromatic carbocycles. The van der Waals surface area contributed by atoms with Gasteiger partial charge in [0.1, 0.15) is 0 Å². The molecule has 128 valence electrons. The average Bonchev–Trinajstić information content (AvgIpc) is 2.74. The maximum atomic E-state index is 2.46. The predicted octanol–water partition coefficient (Wildman–Crippen LogP) is 7.12. The van der Waals surface area contributed by atoms with Gasteiger partial charge in [-0.15, -0.1) is 0 Å². The molecule has 4 rings (SSSR count). The van der Waals surface area contributed by atoms with Crippen molar-refractivity contribution in [3.63, 3.8) is 0 Å². The SMILES string of the molecule is C1=C(/C(=C/c2ccccc2)c2ccccc2)CCC(c2ccccc2)C1. The zero-order valence-electron chi connectivity index (χ0n) is 15.0. The summed E-state index contributed by atoms with van der Waals surface area (Å²) in [6.45, 7) is 0. The van der Waals surface area contributed by atoms with Crippen LogP contribution in [0.2, 0.25) is 0 Å². The van der Waals surface area contributed by atoms with Crippen molar-refractivity contribution in [3.8, 4) is 0 Å². The molecule has 0 heteroatoms. The van der Waals surface area contributed by atoms with Crippen molar-refractivity contribution in [1.29, 1.82) is 0 Å². The third-order valence-electron chi connectivity index (χ3n) is 5.22. The summed E-state index contributed by atoms with van der Waals surface area (Å²) >= 11 is 0. The molecule has 0 saturated carbocycles. The van der Waals surface area contributed by atoms with Gasteiger partial charge in [-0.05, 0) is 59.1 Å². The van der Waals surface area contributed by atoms with Gasteiger partial charge >= 0.3 is 0 Å². The Morgan fingerprint density at radius 1 is 0.731 bits per heavy atom. The second-order valence-corrected chi connectivity index (χ2v) is 6.95. The van der Waals surface area contributed by atoms with Gasteiger partial charge in [0.05, 0.1) is 0 Å². The lowest BCUT2D eigenvalue weighted by molar-refractivity contribution is 0.607. The van der Waals surface area contributed by atoms with Crippen molar-refractivity contribution in [2.45, 2.75) is 25.2 Å². The van der Waals surface area contributed by atoms with E-state index in [1.807, 2.05) is 0 Å². The van der Waals surface area contributed by atoms with Crippen molar-refractivity contribution in [2.24, 2.45) is 0 Å². The van der Waals surface area contributed by atoms with Crippen LogP contribution in [0.4, 0.5) is 0 Å². The van der Waals surface area contributed by atoms with Crippen LogP contribution < -0.4 is 0 Å². The first kappa shape index (κ1) is 16.6. The van der Waals surface area contributed by atoms with E-state index in [2.05, 4.69) is 103 Å². The normalized spacial score (nSPS) is 17.6. The third-order valence-corrected chi connectivity index (χ3v) is 5.22. The van der Waals surface area contributed by atoms with Crippen LogP contribution in [0, 0.1) is 0 Å². The molecule has 0 nitrogen and oxygen atoms in total. The molecule has 0 aliphatic heterocycles. The summed E-state index contributed by atoms with van der Waals surface area (Å²) in [5.41, 5.74) is 6.88. The van der Waals surface area contributed by atoms with Crippen LogP contribution in [-0.2, 0) is 0 Å². The quantitative estimate of drug-likeness (QED) is 0.445. The standard InChI is InChI=1S/C26H24/c1-4-10-21(11-5-1)20-26(24-14-8-3-9-15-24)25-18-16-23(17-19-25)22-12-6-2-7-13-22/h1-15,18,20,23H,16-17,19H2/b26-20+. The van der Waals surface area contributed by atoms with Crippen molar-refractivity contribution >= 4 is 11.6 Å². The smallest absolute Gasteiger partial charge is 0.0124 e. The highest BCUT2D eigenvalue weighted by Crippen LogP contribution is 2.38. The summed E-state index contributed by atoms with van der Waals surface area (Å²) in [5.74, 6) is 0.647. The van der Waals surface area contributed by atoms with Gasteiger partial charge in [0, 0.05) is 0 Å². The van der Waals surface area contributed by atoms with Crippen LogP contribution in [0.3, 0.4) is 0 Å². The van der Waals surface area contributed by atoms with Crippen LogP contribution in [-0.4, -0.2) is 0 Å². The van der Waals surface area contributed by atoms with Crippen molar-refractivity contribution in [3.05, 3.63) is 119 Å². The fourth-order valence-corrected chi connectivity index (χ4v) is 3.80. The number of hydrogen-bond donors (Lipinski definition) is 0. The van der Waals surface area contributed by atoms with E-state index < -0.39 is 0 Å². The Morgan fingerprint density at radius 3 is 1.96 bits per heavy atom. The van der Waals surface area contributed by atoms with Crippen LogP contribution in [0.15, 0.2) is 103 Å². The minimum Gasteiger partial charge on any atom is -0.0801 e. The molecule has 0 heterocycles. The molecule has 3 aromatic rings. The maximum Gasteiger partial charge on any atom is -0.0124 e. The lowest BCUT2D eigenvalue weighted by Crippen LogP contribution is -2.05. The lowest BCUT2D eigenvalue weighted by Gasteiger charge is -2.24. The van der Waals surface area contributed by atoms with Gasteiger partial charge in [-0.1, -0.05) is 97.1 Å². The van der Waals surface area contributed by atoms with Gasteiger partial charge in [0.25, 0.3) is 0 Å². The Balaban J connectivity index is 1.65. The highest BCUT2D eigenvalue weighted by molar-refractivity contribution is 5.91. The molecule has 1 unspecified atom stereocenters. The highest BCUT2D eigenvalue weighted by atomic mass is 14.2. The minimum absolute atomic E-state index is 0.647. The molecule has 0 bridgehead atoms. The van der Waals surface area contributed by atoms with Crippen LogP contribution in [0.1, 0.15) is 41.9 Å². The lowest BCUT2D eigenvalue weighted by atomic mass is 9.81. The van der Waals surface area contributed by atoms with Crippen molar-refractivity contribution in [2.75, 3.05) is 0 Å². The zero-order valence-corrected chi connectivity index (χ0v) is 15.0. The van der Waals surface area contributed by atoms with Crippen molar-refractivity contribution < 1.29 is 0 Å². The highest BCUT2D eigenvalue weighted by Gasteiger charge is 2.18. The first-order valence-electron chi connectivity index (χ1n) is 9.47. The second-order valence-electron chi connectivity index (χ2n) is 6.95. The molecule has 0 radical (unpaired) electrons. The molecule has 0 aromatic heterocycles. The summed E-state index contributed by atoms with van der Waals surface area (Å²) < 4.78 is 0. The van der Waals surface area contributed by atoms with Crippen LogP contribution in [0.5, 0.6) is 0 Å². The number of hydrogen-bond acceptors (Lipinski definition) is 0. The molecular weight excluding hydrogens is 312 g/mol. The molecule has 1 atom stereocenters. The largest absolute Gasteiger partial charge is 0.0801 e. The van der Waals surface area contributed by atoms with Gasteiger partial charge < -0.3 is 0 Å². The average molecular weight is 336 g/mol. The summed E-state index contributed by atoms with van der Waals surface area (Å²) in [4.78, 5) is 0. The number of benzene rings is 3. The fraction of sp³-hybridized carbons (Fsp3) is 0.154. The summed E-state index contributed by atoms with van der Waals surface area (Å²) in [7, 11) is 0. The van der Waals surface area contributed by atoms with Crippen molar-refractivity contribution in [1.82, 2.24) is 0 Å². The Hall–Kier alpha value is -2.86. The Labute approximate surface area is 156 Å². The van der Waals surface area contributed by atoms with E-state index in [1.54, 1.807) is 0 Å². The molecule has 1 aliphatic carbocycles. The van der Waals surface area contributed by atoms with Gasteiger partial charge in [0.2, 0.25) is 0 Å². The van der Waals surface area contributed by atoms with E-state index in [0.29, 0.717) is 5.92 Å². The zero-order chi connectivity index (χ0) is 17.6. The van der Waals surface area contributed by atoms with Crippen LogP contribution in [0.25, 0.3) is 11.6 Å². The minimum atomic E-state index is 0.647. The molecule has 0 saturated heterocycles. The predicted molar refractivity (Wildman–Crippen MR) is 112 cm³/mol. The molecule has 0 N–H and O–H groups in total. The van der Waals surface area contributed by atoms with Gasteiger partial charge in [-0.2, -0.15) is 0 Å². The van der Waals surface area contributed by atoms with Crippen LogP contribution >= 0.6 is 0 Å². The number of rotatable bonds is 4. The molecule has 0 spiro atoms. The Morgan fingerprint density at radius 2 is 1.35 bits per heavy atom. The molecular formula is C26H24. The summed E-state index contributed by atoms with van der Waals surface area (Å²) in [6.07, 6.45) is 8.27. The topological polar surface area (TPSA) is 0 Å². The maximum absolute atomic E-state index is 2.46. The van der Waals surface area contributed by atoms with E-state index in [0.717, 1.165) is 12.8 Å². The molecule has 0 fully saturated rings.